The summed E-state index contributed by atoms with van der Waals surface area (Å²) in [7, 11) is 0. The van der Waals surface area contributed by atoms with Gasteiger partial charge in [-0.2, -0.15) is 0 Å². The summed E-state index contributed by atoms with van der Waals surface area (Å²) >= 11 is 0. The fraction of sp³-hybridized carbons (Fsp3) is 0.462. The third-order valence-corrected chi connectivity index (χ3v) is 6.23. The molecule has 1 aromatic carbocycles. The van der Waals surface area contributed by atoms with Gasteiger partial charge in [0.05, 0.1) is 18.6 Å². The summed E-state index contributed by atoms with van der Waals surface area (Å²) in [6.45, 7) is 1.53. The number of carbonyl (C=O) groups is 4. The number of aromatic nitrogens is 1. The number of nitrogens with one attached hydrogen (secondary N) is 4. The number of hydrogen-bond acceptors (Lipinski definition) is 7. The highest BCUT2D eigenvalue weighted by Crippen LogP contribution is 2.19. The van der Waals surface area contributed by atoms with Crippen molar-refractivity contribution in [3.63, 3.8) is 0 Å². The fourth-order valence-electron chi connectivity index (χ4n) is 4.05. The number of nitrogens with two attached hydrogens (primary N) is 5. The number of aromatic amines is 1. The van der Waals surface area contributed by atoms with Crippen molar-refractivity contribution in [2.24, 2.45) is 38.7 Å². The summed E-state index contributed by atoms with van der Waals surface area (Å²) in [4.78, 5) is 61.4. The van der Waals surface area contributed by atoms with E-state index in [1.54, 1.807) is 6.20 Å². The summed E-state index contributed by atoms with van der Waals surface area (Å²) < 4.78 is 0. The number of para-hydroxylation sites is 1. The van der Waals surface area contributed by atoms with E-state index in [0.29, 0.717) is 19.4 Å². The normalized spacial score (nSPS) is 12.9. The fourth-order valence-corrected chi connectivity index (χ4v) is 4.05. The van der Waals surface area contributed by atoms with Crippen molar-refractivity contribution in [2.75, 3.05) is 19.6 Å². The SMILES string of the molecule is CC(=O)[C@H](Cc1c[nH]c2ccccc12)NC(=O)CNC(=O)[C@H](CCCN=C(N)N)NC(=O)[C@@H](N)CCCN=C(N)N. The van der Waals surface area contributed by atoms with E-state index in [0.717, 1.165) is 16.5 Å². The van der Waals surface area contributed by atoms with E-state index < -0.39 is 42.4 Å². The van der Waals surface area contributed by atoms with E-state index in [2.05, 4.69) is 30.9 Å². The van der Waals surface area contributed by atoms with Crippen molar-refractivity contribution >= 4 is 46.3 Å². The predicted octanol–water partition coefficient (Wildman–Crippen LogP) is -2.18. The second kappa shape index (κ2) is 16.4. The molecule has 3 amide bonds. The molecule has 3 atom stereocenters. The number of Topliss-reactive ketones (excluding diaryl/α,β-unsaturated/α-hetero) is 1. The Balaban J connectivity index is 1.96. The number of carbonyl (C=O) groups excluding carboxylic acids is 4. The highest BCUT2D eigenvalue weighted by atomic mass is 16.2. The molecule has 1 heterocycles. The molecule has 15 nitrogen and oxygen atoms in total. The van der Waals surface area contributed by atoms with Crippen molar-refractivity contribution in [3.05, 3.63) is 36.0 Å². The van der Waals surface area contributed by atoms with Gasteiger partial charge in [-0.1, -0.05) is 18.2 Å². The molecular weight excluding hydrogens is 530 g/mol. The third-order valence-electron chi connectivity index (χ3n) is 6.23. The molecule has 0 fully saturated rings. The van der Waals surface area contributed by atoms with Gasteiger partial charge in [-0.3, -0.25) is 29.2 Å². The number of hydrogen-bond donors (Lipinski definition) is 9. The largest absolute Gasteiger partial charge is 0.370 e. The molecule has 1 aromatic heterocycles. The van der Waals surface area contributed by atoms with E-state index >= 15 is 0 Å². The van der Waals surface area contributed by atoms with Gasteiger partial charge in [0.25, 0.3) is 0 Å². The maximum atomic E-state index is 12.9. The number of guanidine groups is 2. The minimum Gasteiger partial charge on any atom is -0.370 e. The van der Waals surface area contributed by atoms with Crippen LogP contribution in [0.1, 0.15) is 38.2 Å². The number of amides is 3. The molecule has 0 spiro atoms. The molecule has 41 heavy (non-hydrogen) atoms. The Labute approximate surface area is 238 Å². The van der Waals surface area contributed by atoms with Crippen LogP contribution in [0, 0.1) is 0 Å². The van der Waals surface area contributed by atoms with Crippen LogP contribution in [0.4, 0.5) is 0 Å². The zero-order valence-corrected chi connectivity index (χ0v) is 23.2. The lowest BCUT2D eigenvalue weighted by Crippen LogP contribution is -2.53. The molecule has 2 rings (SSSR count). The van der Waals surface area contributed by atoms with Gasteiger partial charge in [0, 0.05) is 36.6 Å². The van der Waals surface area contributed by atoms with Crippen LogP contribution in [0.25, 0.3) is 10.9 Å². The first-order chi connectivity index (χ1) is 19.5. The van der Waals surface area contributed by atoms with E-state index in [9.17, 15) is 19.2 Å². The van der Waals surface area contributed by atoms with E-state index in [-0.39, 0.29) is 43.5 Å². The smallest absolute Gasteiger partial charge is 0.243 e. The molecule has 14 N–H and O–H groups in total. The van der Waals surface area contributed by atoms with Gasteiger partial charge in [-0.05, 0) is 44.2 Å². The molecule has 0 bridgehead atoms. The number of ketones is 1. The number of benzene rings is 1. The number of H-pyrrole nitrogens is 1. The minimum absolute atomic E-state index is 0.0582. The predicted molar refractivity (Wildman–Crippen MR) is 157 cm³/mol. The topological polar surface area (TPSA) is 275 Å². The van der Waals surface area contributed by atoms with Crippen molar-refractivity contribution in [1.82, 2.24) is 20.9 Å². The number of fused-ring (bicyclic) bond motifs is 1. The van der Waals surface area contributed by atoms with Crippen LogP contribution >= 0.6 is 0 Å². The Kier molecular flexibility index (Phi) is 13.1. The summed E-state index contributed by atoms with van der Waals surface area (Å²) in [6, 6.07) is 4.95. The summed E-state index contributed by atoms with van der Waals surface area (Å²) in [5.74, 6) is -2.08. The van der Waals surface area contributed by atoms with Crippen molar-refractivity contribution in [2.45, 2.75) is 57.2 Å². The second-order valence-electron chi connectivity index (χ2n) is 9.58. The van der Waals surface area contributed by atoms with E-state index in [1.807, 2.05) is 24.3 Å². The maximum absolute atomic E-state index is 12.9. The van der Waals surface area contributed by atoms with E-state index in [1.165, 1.54) is 6.92 Å². The van der Waals surface area contributed by atoms with Crippen molar-refractivity contribution in [3.8, 4) is 0 Å². The second-order valence-corrected chi connectivity index (χ2v) is 9.58. The van der Waals surface area contributed by atoms with Crippen LogP contribution in [0.2, 0.25) is 0 Å². The molecule has 0 unspecified atom stereocenters. The highest BCUT2D eigenvalue weighted by Gasteiger charge is 2.25. The standard InChI is InChI=1S/C26H41N11O4/c1-15(38)21(12-16-13-34-19-8-3-2-6-17(16)19)36-22(39)14-35-24(41)20(9-5-11-33-26(30)31)37-23(40)18(27)7-4-10-32-25(28)29/h2-3,6,8,13,18,20-21,34H,4-5,7,9-12,14,27H2,1H3,(H,35,41)(H,36,39)(H,37,40)(H4,28,29,32)(H4,30,31,33)/t18-,20-,21-/m0/s1. The Morgan fingerprint density at radius 2 is 1.51 bits per heavy atom. The minimum atomic E-state index is -0.997. The number of nitrogens with zero attached hydrogens (tertiary/aromatic N) is 2. The molecule has 0 saturated heterocycles. The van der Waals surface area contributed by atoms with E-state index in [4.69, 9.17) is 28.7 Å². The molecule has 15 heteroatoms. The van der Waals surface area contributed by atoms with Gasteiger partial charge >= 0.3 is 0 Å². The lowest BCUT2D eigenvalue weighted by Gasteiger charge is -2.21. The quantitative estimate of drug-likeness (QED) is 0.0566. The first kappa shape index (κ1) is 32.6. The zero-order valence-electron chi connectivity index (χ0n) is 23.2. The average molecular weight is 572 g/mol. The zero-order chi connectivity index (χ0) is 30.4. The Morgan fingerprint density at radius 1 is 0.878 bits per heavy atom. The average Bonchev–Trinajstić information content (AvgIpc) is 3.33. The Hall–Kier alpha value is -4.66. The summed E-state index contributed by atoms with van der Waals surface area (Å²) in [5, 5.41) is 8.77. The van der Waals surface area contributed by atoms with Crippen LogP contribution in [-0.2, 0) is 25.6 Å². The lowest BCUT2D eigenvalue weighted by atomic mass is 10.0. The Bertz CT molecular complexity index is 1250. The van der Waals surface area contributed by atoms with Gasteiger partial charge in [0.2, 0.25) is 17.7 Å². The maximum Gasteiger partial charge on any atom is 0.243 e. The van der Waals surface area contributed by atoms with Gasteiger partial charge in [-0.25, -0.2) is 0 Å². The lowest BCUT2D eigenvalue weighted by molar-refractivity contribution is -0.131. The molecule has 0 aliphatic carbocycles. The first-order valence-electron chi connectivity index (χ1n) is 13.3. The molecule has 2 aromatic rings. The summed E-state index contributed by atoms with van der Waals surface area (Å²) in [6.07, 6.45) is 3.39. The molecule has 0 aliphatic heterocycles. The highest BCUT2D eigenvalue weighted by molar-refractivity contribution is 5.93. The molecule has 0 saturated carbocycles. The first-order valence-corrected chi connectivity index (χ1v) is 13.3. The van der Waals surface area contributed by atoms with Crippen LogP contribution in [0.15, 0.2) is 40.4 Å². The summed E-state index contributed by atoms with van der Waals surface area (Å²) in [5.41, 5.74) is 29.0. The van der Waals surface area contributed by atoms with Crippen LogP contribution < -0.4 is 44.6 Å². The van der Waals surface area contributed by atoms with Gasteiger partial charge in [0.1, 0.15) is 6.04 Å². The van der Waals surface area contributed by atoms with Crippen molar-refractivity contribution in [1.29, 1.82) is 0 Å². The van der Waals surface area contributed by atoms with Gasteiger partial charge in [-0.15, -0.1) is 0 Å². The monoisotopic (exact) mass is 571 g/mol. The van der Waals surface area contributed by atoms with Crippen LogP contribution in [0.3, 0.4) is 0 Å². The van der Waals surface area contributed by atoms with Crippen LogP contribution in [-0.4, -0.2) is 78.2 Å². The number of aliphatic imine (C=N–C) groups is 2. The molecule has 0 radical (unpaired) electrons. The van der Waals surface area contributed by atoms with Crippen LogP contribution in [0.5, 0.6) is 0 Å². The molecule has 0 aliphatic rings. The molecular formula is C26H41N11O4. The van der Waals surface area contributed by atoms with Gasteiger partial charge < -0.3 is 49.6 Å². The number of rotatable bonds is 17. The Morgan fingerprint density at radius 3 is 2.15 bits per heavy atom. The van der Waals surface area contributed by atoms with Crippen molar-refractivity contribution < 1.29 is 19.2 Å². The third kappa shape index (κ3) is 11.5. The van der Waals surface area contributed by atoms with Gasteiger partial charge in [0.15, 0.2) is 17.7 Å². The molecule has 224 valence electrons.